The van der Waals surface area contributed by atoms with Gasteiger partial charge in [0.05, 0.1) is 18.6 Å². The molecule has 2 saturated carbocycles. The lowest BCUT2D eigenvalue weighted by molar-refractivity contribution is -0.156. The molecule has 0 radical (unpaired) electrons. The first kappa shape index (κ1) is 15.0. The average molecular weight is 315 g/mol. The Morgan fingerprint density at radius 1 is 1.39 bits per heavy atom. The molecule has 0 aromatic heterocycles. The molecule has 2 bridgehead atoms. The maximum absolute atomic E-state index is 13.2. The normalized spacial score (nSPS) is 32.9. The van der Waals surface area contributed by atoms with E-state index in [1.165, 1.54) is 24.8 Å². The second-order valence-corrected chi connectivity index (χ2v) is 7.63. The quantitative estimate of drug-likeness (QED) is 0.927. The highest BCUT2D eigenvalue weighted by atomic mass is 16.5. The molecule has 3 fully saturated rings. The molecule has 1 amide bonds. The van der Waals surface area contributed by atoms with Crippen LogP contribution in [0.3, 0.4) is 0 Å². The number of fused-ring (bicyclic) bond motifs is 2. The number of carbonyl (C=O) groups is 1. The summed E-state index contributed by atoms with van der Waals surface area (Å²) in [4.78, 5) is 15.1. The molecule has 2 aliphatic carbocycles. The third-order valence-corrected chi connectivity index (χ3v) is 6.20. The maximum Gasteiger partial charge on any atom is 0.229 e. The van der Waals surface area contributed by atoms with Gasteiger partial charge in [-0.3, -0.25) is 4.79 Å². The molecule has 0 spiro atoms. The van der Waals surface area contributed by atoms with Crippen LogP contribution in [0.5, 0.6) is 5.75 Å². The SMILES string of the molecule is COc1cccc(C[C@]2(C(=O)N3CC(O)C3)C[C@H]3CC[C@H]2C3)c1. The van der Waals surface area contributed by atoms with Gasteiger partial charge in [0.1, 0.15) is 5.75 Å². The number of aliphatic hydroxyl groups excluding tert-OH is 1. The van der Waals surface area contributed by atoms with Gasteiger partial charge in [-0.15, -0.1) is 0 Å². The highest BCUT2D eigenvalue weighted by molar-refractivity contribution is 5.85. The number of hydrogen-bond donors (Lipinski definition) is 1. The highest BCUT2D eigenvalue weighted by Gasteiger charge is 2.57. The van der Waals surface area contributed by atoms with Crippen LogP contribution < -0.4 is 4.74 Å². The molecule has 4 rings (SSSR count). The lowest BCUT2D eigenvalue weighted by Gasteiger charge is -2.45. The summed E-state index contributed by atoms with van der Waals surface area (Å²) in [5.41, 5.74) is 0.932. The van der Waals surface area contributed by atoms with Crippen molar-refractivity contribution in [3.05, 3.63) is 29.8 Å². The third kappa shape index (κ3) is 2.44. The number of hydrogen-bond acceptors (Lipinski definition) is 3. The van der Waals surface area contributed by atoms with Gasteiger partial charge in [0, 0.05) is 13.1 Å². The first-order valence-corrected chi connectivity index (χ1v) is 8.71. The number of methoxy groups -OCH3 is 1. The molecule has 4 nitrogen and oxygen atoms in total. The molecule has 1 aliphatic heterocycles. The van der Waals surface area contributed by atoms with Gasteiger partial charge in [0.15, 0.2) is 0 Å². The van der Waals surface area contributed by atoms with E-state index >= 15 is 0 Å². The van der Waals surface area contributed by atoms with Gasteiger partial charge >= 0.3 is 0 Å². The third-order valence-electron chi connectivity index (χ3n) is 6.20. The van der Waals surface area contributed by atoms with Gasteiger partial charge in [0.2, 0.25) is 5.91 Å². The summed E-state index contributed by atoms with van der Waals surface area (Å²) in [6.45, 7) is 1.02. The van der Waals surface area contributed by atoms with E-state index in [1.54, 1.807) is 7.11 Å². The summed E-state index contributed by atoms with van der Waals surface area (Å²) in [5.74, 6) is 2.34. The fourth-order valence-electron chi connectivity index (χ4n) is 5.08. The van der Waals surface area contributed by atoms with Crippen LogP contribution in [0.2, 0.25) is 0 Å². The van der Waals surface area contributed by atoms with Crippen LogP contribution in [0.1, 0.15) is 31.2 Å². The monoisotopic (exact) mass is 315 g/mol. The summed E-state index contributed by atoms with van der Waals surface area (Å²) in [6, 6.07) is 8.12. The molecule has 0 unspecified atom stereocenters. The Morgan fingerprint density at radius 2 is 2.22 bits per heavy atom. The lowest BCUT2D eigenvalue weighted by Crippen LogP contribution is -2.59. The molecular formula is C19H25NO3. The molecule has 1 aromatic rings. The lowest BCUT2D eigenvalue weighted by atomic mass is 9.68. The minimum absolute atomic E-state index is 0.255. The van der Waals surface area contributed by atoms with Crippen LogP contribution in [0, 0.1) is 17.3 Å². The standard InChI is InChI=1S/C19H25NO3/c1-23-17-4-2-3-13(8-17)9-19(10-14-5-6-15(19)7-14)18(22)20-11-16(21)12-20/h2-4,8,14-16,21H,5-7,9-12H2,1H3/t14-,15-,19-/m0/s1. The van der Waals surface area contributed by atoms with E-state index in [4.69, 9.17) is 4.74 Å². The number of β-amino-alcohol motifs (C(OH)–C–C–N with tert-alkyl or cyclic N) is 1. The second-order valence-electron chi connectivity index (χ2n) is 7.63. The van der Waals surface area contributed by atoms with Crippen LogP contribution in [0.4, 0.5) is 0 Å². The summed E-state index contributed by atoms with van der Waals surface area (Å²) in [7, 11) is 1.68. The molecule has 1 N–H and O–H groups in total. The van der Waals surface area contributed by atoms with Gasteiger partial charge in [0.25, 0.3) is 0 Å². The first-order chi connectivity index (χ1) is 11.1. The number of carbonyl (C=O) groups excluding carboxylic acids is 1. The Labute approximate surface area is 137 Å². The van der Waals surface area contributed by atoms with Crippen LogP contribution in [0.25, 0.3) is 0 Å². The van der Waals surface area contributed by atoms with Crippen LogP contribution in [-0.4, -0.2) is 42.2 Å². The van der Waals surface area contributed by atoms with E-state index in [1.807, 2.05) is 17.0 Å². The van der Waals surface area contributed by atoms with Crippen molar-refractivity contribution in [1.29, 1.82) is 0 Å². The van der Waals surface area contributed by atoms with Crippen molar-refractivity contribution in [2.45, 2.75) is 38.2 Å². The van der Waals surface area contributed by atoms with Crippen molar-refractivity contribution in [2.75, 3.05) is 20.2 Å². The number of benzene rings is 1. The molecule has 124 valence electrons. The molecule has 3 aliphatic rings. The molecule has 1 saturated heterocycles. The number of amides is 1. The number of nitrogens with zero attached hydrogens (tertiary/aromatic N) is 1. The van der Waals surface area contributed by atoms with Crippen LogP contribution in [0.15, 0.2) is 24.3 Å². The molecule has 3 atom stereocenters. The topological polar surface area (TPSA) is 49.8 Å². The largest absolute Gasteiger partial charge is 0.497 e. The molecule has 1 aromatic carbocycles. The smallest absolute Gasteiger partial charge is 0.229 e. The van der Waals surface area contributed by atoms with Crippen molar-refractivity contribution < 1.29 is 14.6 Å². The van der Waals surface area contributed by atoms with Crippen molar-refractivity contribution in [2.24, 2.45) is 17.3 Å². The zero-order valence-corrected chi connectivity index (χ0v) is 13.7. The predicted octanol–water partition coefficient (Wildman–Crippen LogP) is 2.25. The van der Waals surface area contributed by atoms with E-state index in [-0.39, 0.29) is 17.4 Å². The minimum Gasteiger partial charge on any atom is -0.497 e. The second kappa shape index (κ2) is 5.52. The Balaban J connectivity index is 1.62. The van der Waals surface area contributed by atoms with E-state index in [0.29, 0.717) is 24.9 Å². The average Bonchev–Trinajstić information content (AvgIpc) is 3.13. The zero-order chi connectivity index (χ0) is 16.0. The first-order valence-electron chi connectivity index (χ1n) is 8.71. The van der Waals surface area contributed by atoms with Crippen molar-refractivity contribution in [3.63, 3.8) is 0 Å². The fraction of sp³-hybridized carbons (Fsp3) is 0.632. The summed E-state index contributed by atoms with van der Waals surface area (Å²) in [5, 5.41) is 9.57. The van der Waals surface area contributed by atoms with Crippen molar-refractivity contribution >= 4 is 5.91 Å². The Morgan fingerprint density at radius 3 is 2.83 bits per heavy atom. The van der Waals surface area contributed by atoms with Crippen molar-refractivity contribution in [1.82, 2.24) is 4.90 Å². The Kier molecular flexibility index (Phi) is 3.60. The van der Waals surface area contributed by atoms with Crippen LogP contribution >= 0.6 is 0 Å². The van der Waals surface area contributed by atoms with Crippen LogP contribution in [-0.2, 0) is 11.2 Å². The number of likely N-dealkylation sites (tertiary alicyclic amines) is 1. The highest BCUT2D eigenvalue weighted by Crippen LogP contribution is 2.58. The predicted molar refractivity (Wildman–Crippen MR) is 87.2 cm³/mol. The number of aliphatic hydroxyl groups is 1. The van der Waals surface area contributed by atoms with Gasteiger partial charge in [-0.1, -0.05) is 18.6 Å². The Bertz CT molecular complexity index is 610. The van der Waals surface area contributed by atoms with Gasteiger partial charge in [-0.25, -0.2) is 0 Å². The summed E-state index contributed by atoms with van der Waals surface area (Å²) < 4.78 is 5.34. The Hall–Kier alpha value is -1.55. The minimum atomic E-state index is -0.327. The summed E-state index contributed by atoms with van der Waals surface area (Å²) >= 11 is 0. The molecule has 23 heavy (non-hydrogen) atoms. The zero-order valence-electron chi connectivity index (χ0n) is 13.7. The van der Waals surface area contributed by atoms with E-state index in [0.717, 1.165) is 18.6 Å². The van der Waals surface area contributed by atoms with E-state index in [9.17, 15) is 9.90 Å². The van der Waals surface area contributed by atoms with Crippen molar-refractivity contribution in [3.8, 4) is 5.75 Å². The van der Waals surface area contributed by atoms with Gasteiger partial charge in [-0.2, -0.15) is 0 Å². The molecule has 1 heterocycles. The molecule has 4 heteroatoms. The molecular weight excluding hydrogens is 290 g/mol. The fourth-order valence-corrected chi connectivity index (χ4v) is 5.08. The van der Waals surface area contributed by atoms with Gasteiger partial charge < -0.3 is 14.7 Å². The number of ether oxygens (including phenoxy) is 1. The number of rotatable bonds is 4. The van der Waals surface area contributed by atoms with E-state index < -0.39 is 0 Å². The maximum atomic E-state index is 13.2. The van der Waals surface area contributed by atoms with E-state index in [2.05, 4.69) is 12.1 Å². The summed E-state index contributed by atoms with van der Waals surface area (Å²) in [6.07, 6.45) is 5.15. The van der Waals surface area contributed by atoms with Gasteiger partial charge in [-0.05, 0) is 55.2 Å².